The van der Waals surface area contributed by atoms with Gasteiger partial charge in [-0.25, -0.2) is 0 Å². The summed E-state index contributed by atoms with van der Waals surface area (Å²) in [4.78, 5) is 10.9. The molecule has 0 rings (SSSR count). The lowest BCUT2D eigenvalue weighted by atomic mass is 10.0. The number of allylic oxidation sites excluding steroid dienone is 2. The van der Waals surface area contributed by atoms with Crippen LogP contribution in [-0.2, 0) is 4.79 Å². The first kappa shape index (κ1) is 16.7. The Kier molecular flexibility index (Phi) is 4.43. The van der Waals surface area contributed by atoms with Crippen LogP contribution in [0.1, 0.15) is 13.8 Å². The SMILES string of the molecule is C[C](C)C(=O)/C=C(\N)C(F)(F)C(F)(F)C(F)(F)F. The summed E-state index contributed by atoms with van der Waals surface area (Å²) in [6.07, 6.45) is -6.63. The van der Waals surface area contributed by atoms with Gasteiger partial charge in [0.2, 0.25) is 0 Å². The maximum Gasteiger partial charge on any atom is 0.460 e. The van der Waals surface area contributed by atoms with Crippen LogP contribution in [0.15, 0.2) is 11.8 Å². The largest absolute Gasteiger partial charge is 0.460 e. The molecule has 18 heavy (non-hydrogen) atoms. The van der Waals surface area contributed by atoms with Crippen molar-refractivity contribution in [2.45, 2.75) is 31.9 Å². The van der Waals surface area contributed by atoms with Gasteiger partial charge >= 0.3 is 18.0 Å². The molecule has 105 valence electrons. The average molecular weight is 280 g/mol. The Morgan fingerprint density at radius 3 is 1.67 bits per heavy atom. The first-order valence-electron chi connectivity index (χ1n) is 4.39. The summed E-state index contributed by atoms with van der Waals surface area (Å²) in [6, 6.07) is 0. The molecule has 1 radical (unpaired) electrons. The zero-order chi connectivity index (χ0) is 14.9. The number of hydrogen-bond acceptors (Lipinski definition) is 2. The third-order valence-electron chi connectivity index (χ3n) is 1.89. The number of carbonyl (C=O) groups is 1. The van der Waals surface area contributed by atoms with E-state index >= 15 is 0 Å². The number of ketones is 1. The first-order chi connectivity index (χ1) is 7.75. The van der Waals surface area contributed by atoms with Crippen molar-refractivity contribution in [1.82, 2.24) is 0 Å². The van der Waals surface area contributed by atoms with Crippen molar-refractivity contribution in [3.8, 4) is 0 Å². The smallest absolute Gasteiger partial charge is 0.397 e. The van der Waals surface area contributed by atoms with E-state index in [-0.39, 0.29) is 12.0 Å². The third-order valence-corrected chi connectivity index (χ3v) is 1.89. The summed E-state index contributed by atoms with van der Waals surface area (Å²) in [6.45, 7) is 2.32. The van der Waals surface area contributed by atoms with Crippen LogP contribution in [0, 0.1) is 5.92 Å². The third kappa shape index (κ3) is 2.94. The molecular formula is C9H9F7NO. The molecule has 0 atom stereocenters. The van der Waals surface area contributed by atoms with Crippen molar-refractivity contribution in [2.24, 2.45) is 5.73 Å². The maximum absolute atomic E-state index is 12.9. The second-order valence-corrected chi connectivity index (χ2v) is 3.61. The van der Waals surface area contributed by atoms with E-state index in [0.29, 0.717) is 0 Å². The van der Waals surface area contributed by atoms with Gasteiger partial charge in [-0.1, -0.05) is 13.8 Å². The van der Waals surface area contributed by atoms with Crippen molar-refractivity contribution in [3.05, 3.63) is 17.7 Å². The molecule has 0 aromatic carbocycles. The minimum atomic E-state index is -6.48. The molecule has 0 heterocycles. The van der Waals surface area contributed by atoms with Crippen LogP contribution in [0.3, 0.4) is 0 Å². The van der Waals surface area contributed by atoms with Gasteiger partial charge in [0.15, 0.2) is 5.78 Å². The summed E-state index contributed by atoms with van der Waals surface area (Å²) in [5.41, 5.74) is 2.33. The molecule has 2 N–H and O–H groups in total. The monoisotopic (exact) mass is 280 g/mol. The first-order valence-corrected chi connectivity index (χ1v) is 4.39. The Balaban J connectivity index is 5.47. The molecule has 0 saturated heterocycles. The zero-order valence-electron chi connectivity index (χ0n) is 9.21. The minimum absolute atomic E-state index is 0.0934. The van der Waals surface area contributed by atoms with Crippen LogP contribution < -0.4 is 5.73 Å². The predicted octanol–water partition coefficient (Wildman–Crippen LogP) is 2.85. The van der Waals surface area contributed by atoms with Gasteiger partial charge in [0.05, 0.1) is 5.70 Å². The van der Waals surface area contributed by atoms with Gasteiger partial charge < -0.3 is 5.73 Å². The van der Waals surface area contributed by atoms with Crippen LogP contribution >= 0.6 is 0 Å². The predicted molar refractivity (Wildman–Crippen MR) is 47.8 cm³/mol. The van der Waals surface area contributed by atoms with Gasteiger partial charge in [-0.15, -0.1) is 0 Å². The highest BCUT2D eigenvalue weighted by molar-refractivity contribution is 6.00. The summed E-state index contributed by atoms with van der Waals surface area (Å²) in [5.74, 6) is -13.3. The zero-order valence-corrected chi connectivity index (χ0v) is 9.21. The molecule has 0 unspecified atom stereocenters. The highest BCUT2D eigenvalue weighted by atomic mass is 19.4. The van der Waals surface area contributed by atoms with E-state index in [1.807, 2.05) is 0 Å². The van der Waals surface area contributed by atoms with E-state index in [1.54, 1.807) is 0 Å². The van der Waals surface area contributed by atoms with E-state index < -0.39 is 29.5 Å². The molecule has 0 amide bonds. The van der Waals surface area contributed by atoms with Crippen molar-refractivity contribution in [3.63, 3.8) is 0 Å². The fourth-order valence-corrected chi connectivity index (χ4v) is 0.735. The standard InChI is InChI=1S/C9H9F7NO/c1-4(2)5(18)3-6(17)7(10,11)8(12,13)9(14,15)16/h3H,17H2,1-2H3/b6-3-. The van der Waals surface area contributed by atoms with Crippen molar-refractivity contribution in [2.75, 3.05) is 0 Å². The van der Waals surface area contributed by atoms with Gasteiger partial charge in [0, 0.05) is 12.0 Å². The Morgan fingerprint density at radius 1 is 1.00 bits per heavy atom. The van der Waals surface area contributed by atoms with Gasteiger partial charge in [-0.2, -0.15) is 30.7 Å². The second-order valence-electron chi connectivity index (χ2n) is 3.61. The van der Waals surface area contributed by atoms with E-state index in [0.717, 1.165) is 13.8 Å². The van der Waals surface area contributed by atoms with Crippen molar-refractivity contribution < 1.29 is 35.5 Å². The Hall–Kier alpha value is -1.28. The van der Waals surface area contributed by atoms with Crippen molar-refractivity contribution >= 4 is 5.78 Å². The highest BCUT2D eigenvalue weighted by Gasteiger charge is 2.74. The molecule has 0 aromatic rings. The molecular weight excluding hydrogens is 271 g/mol. The Morgan fingerprint density at radius 2 is 1.39 bits per heavy atom. The molecule has 0 aliphatic rings. The molecule has 2 nitrogen and oxygen atoms in total. The van der Waals surface area contributed by atoms with Crippen LogP contribution in [0.5, 0.6) is 0 Å². The number of carbonyl (C=O) groups excluding carboxylic acids is 1. The maximum atomic E-state index is 12.9. The molecule has 0 fully saturated rings. The number of hydrogen-bond donors (Lipinski definition) is 1. The summed E-state index contributed by atoms with van der Waals surface area (Å²) in [5, 5.41) is 0. The second kappa shape index (κ2) is 4.77. The van der Waals surface area contributed by atoms with Crippen LogP contribution in [0.2, 0.25) is 0 Å². The molecule has 0 aliphatic heterocycles. The molecule has 0 aromatic heterocycles. The van der Waals surface area contributed by atoms with Gasteiger partial charge in [-0.3, -0.25) is 4.79 Å². The lowest BCUT2D eigenvalue weighted by Gasteiger charge is -2.28. The van der Waals surface area contributed by atoms with Crippen molar-refractivity contribution in [1.29, 1.82) is 0 Å². The van der Waals surface area contributed by atoms with Crippen LogP contribution in [0.25, 0.3) is 0 Å². The average Bonchev–Trinajstić information content (AvgIpc) is 2.14. The van der Waals surface area contributed by atoms with E-state index in [4.69, 9.17) is 0 Å². The molecule has 0 saturated carbocycles. The topological polar surface area (TPSA) is 43.1 Å². The minimum Gasteiger partial charge on any atom is -0.397 e. The quantitative estimate of drug-likeness (QED) is 0.635. The van der Waals surface area contributed by atoms with Gasteiger partial charge in [0.25, 0.3) is 0 Å². The van der Waals surface area contributed by atoms with E-state index in [9.17, 15) is 35.5 Å². The fraction of sp³-hybridized carbons (Fsp3) is 0.556. The summed E-state index contributed by atoms with van der Waals surface area (Å²) >= 11 is 0. The number of halogens is 7. The molecule has 0 spiro atoms. The number of rotatable bonds is 4. The van der Waals surface area contributed by atoms with E-state index in [2.05, 4.69) is 5.73 Å². The Labute approximate surface area is 97.6 Å². The summed E-state index contributed by atoms with van der Waals surface area (Å²) < 4.78 is 86.1. The lowest BCUT2D eigenvalue weighted by molar-refractivity contribution is -0.344. The normalized spacial score (nSPS) is 15.1. The Bertz CT molecular complexity index is 356. The fourth-order valence-electron chi connectivity index (χ4n) is 0.735. The highest BCUT2D eigenvalue weighted by Crippen LogP contribution is 2.48. The van der Waals surface area contributed by atoms with Gasteiger partial charge in [-0.05, 0) is 0 Å². The number of alkyl halides is 7. The summed E-state index contributed by atoms with van der Waals surface area (Å²) in [7, 11) is 0. The lowest BCUT2D eigenvalue weighted by Crippen LogP contribution is -2.54. The molecule has 9 heteroatoms. The van der Waals surface area contributed by atoms with E-state index in [1.165, 1.54) is 0 Å². The molecule has 0 bridgehead atoms. The van der Waals surface area contributed by atoms with Crippen LogP contribution in [-0.4, -0.2) is 23.8 Å². The van der Waals surface area contributed by atoms with Crippen LogP contribution in [0.4, 0.5) is 30.7 Å². The number of nitrogens with two attached hydrogens (primary N) is 1. The van der Waals surface area contributed by atoms with Gasteiger partial charge in [0.1, 0.15) is 0 Å². The molecule has 0 aliphatic carbocycles.